The van der Waals surface area contributed by atoms with Crippen molar-refractivity contribution in [2.45, 2.75) is 0 Å². The summed E-state index contributed by atoms with van der Waals surface area (Å²) in [7, 11) is 0. The average Bonchev–Trinajstić information content (AvgIpc) is 1.61. The normalized spacial score (nSPS) is 11.6. The molecule has 0 spiro atoms. The van der Waals surface area contributed by atoms with Gasteiger partial charge in [-0.25, -0.2) is 4.98 Å². The lowest BCUT2D eigenvalue weighted by molar-refractivity contribution is 0.953. The lowest BCUT2D eigenvalue weighted by Gasteiger charge is -2.12. The van der Waals surface area contributed by atoms with E-state index in [1.807, 2.05) is 72.0 Å². The van der Waals surface area contributed by atoms with Crippen molar-refractivity contribution in [2.24, 2.45) is 0 Å². The van der Waals surface area contributed by atoms with Crippen molar-refractivity contribution >= 4 is 141 Å². The van der Waals surface area contributed by atoms with Crippen LogP contribution in [-0.4, -0.2) is 37.8 Å². The Labute approximate surface area is 765 Å². The van der Waals surface area contributed by atoms with Gasteiger partial charge in [0, 0.05) is 108 Å². The maximum Gasteiger partial charge on any atom is 0.238 e. The van der Waals surface area contributed by atoms with Crippen molar-refractivity contribution in [3.63, 3.8) is 0 Å². The van der Waals surface area contributed by atoms with E-state index in [4.69, 9.17) is 15.0 Å². The number of thiophene rings is 1. The van der Waals surface area contributed by atoms with Gasteiger partial charge < -0.3 is 18.3 Å². The van der Waals surface area contributed by atoms with E-state index < -0.39 is 0 Å². The molecule has 0 bridgehead atoms. The van der Waals surface area contributed by atoms with E-state index in [-0.39, 0.29) is 0 Å². The fraction of sp³-hybridized carbons (Fsp3) is 0. The first-order chi connectivity index (χ1) is 65.5. The standard InChI is InChI=1S/C45H28N4S.C42H28N2.C36H24N2/c1-3-13-29(14-4-1)43-46-44(30-15-5-2-6-16-30)48-45(47-43)49-39-23-9-7-19-35(39)36-26-25-32(28-40(36)49)31-17-11-18-33(27-31)34-21-12-22-38-37-20-8-10-24-41(37)50-42(34)38;1-3-11-33(12-4-1)43-39-17-9-7-15-35(39)37-27-31(23-25-41(37)43)29-19-21-30(22-20-29)32-24-26-42-38(28-32)36-16-8-10-18-40(36)44(42)34-13-5-2-6-14-34;1-3-11-27(12-4-1)37-33-17-9-7-15-29(33)31-23-25(19-21-35(31)37)26-20-22-36-32(24-26)30-16-8-10-18-34(30)38(36)28-13-5-2-6-14-28/h1-28H;1-28H;1-24H. The molecule has 0 atom stereocenters. The second-order valence-electron chi connectivity index (χ2n) is 33.7. The largest absolute Gasteiger partial charge is 0.309 e. The van der Waals surface area contributed by atoms with Gasteiger partial charge in [-0.15, -0.1) is 11.3 Å². The van der Waals surface area contributed by atoms with Crippen molar-refractivity contribution in [1.82, 2.24) is 37.8 Å². The summed E-state index contributed by atoms with van der Waals surface area (Å²) in [5.41, 5.74) is 30.6. The van der Waals surface area contributed by atoms with Crippen LogP contribution in [0.1, 0.15) is 0 Å². The molecular formula is C123H80N8S. The number of hydrogen-bond donors (Lipinski definition) is 0. The van der Waals surface area contributed by atoms with Gasteiger partial charge in [0.05, 0.1) is 55.2 Å². The van der Waals surface area contributed by atoms with Gasteiger partial charge in [0.25, 0.3) is 0 Å². The van der Waals surface area contributed by atoms with Crippen molar-refractivity contribution in [3.8, 4) is 107 Å². The van der Waals surface area contributed by atoms with Gasteiger partial charge in [-0.1, -0.05) is 340 Å². The molecule has 0 N–H and O–H groups in total. The monoisotopic (exact) mass is 1700 g/mol. The van der Waals surface area contributed by atoms with Crippen LogP contribution in [0.3, 0.4) is 0 Å². The minimum atomic E-state index is 0.589. The van der Waals surface area contributed by atoms with E-state index in [0.29, 0.717) is 17.6 Å². The molecule has 7 heterocycles. The van der Waals surface area contributed by atoms with Crippen LogP contribution in [-0.2, 0) is 0 Å². The molecule has 8 nitrogen and oxygen atoms in total. The molecule has 132 heavy (non-hydrogen) atoms. The minimum absolute atomic E-state index is 0.589. The van der Waals surface area contributed by atoms with Gasteiger partial charge >= 0.3 is 0 Å². The lowest BCUT2D eigenvalue weighted by Crippen LogP contribution is -2.06. The SMILES string of the molecule is c1ccc(-c2nc(-c3ccccc3)nc(-n3c4ccccc4c4ccc(-c5cccc(-c6cccc7c6sc6ccccc67)c5)cc43)n2)cc1.c1ccc(-n2c3ccccc3c3cc(-c4ccc(-c5ccc6c(c5)c5ccccc5n6-c5ccccc5)cc4)ccc32)cc1.c1ccc(-n2c3ccccc3c3cc(-c4ccc5c(c4)c4ccccc4n5-c4ccccc4)ccc32)cc1. The summed E-state index contributed by atoms with van der Waals surface area (Å²) in [6, 6.07) is 174. The molecule has 0 aliphatic heterocycles. The van der Waals surface area contributed by atoms with E-state index in [1.165, 1.54) is 175 Å². The summed E-state index contributed by atoms with van der Waals surface area (Å²) >= 11 is 1.87. The smallest absolute Gasteiger partial charge is 0.238 e. The highest BCUT2D eigenvalue weighted by Crippen LogP contribution is 2.46. The van der Waals surface area contributed by atoms with Crippen LogP contribution in [0.25, 0.3) is 236 Å². The molecule has 0 unspecified atom stereocenters. The average molecular weight is 1700 g/mol. The second-order valence-corrected chi connectivity index (χ2v) is 34.8. The molecule has 20 aromatic carbocycles. The molecule has 9 heteroatoms. The van der Waals surface area contributed by atoms with Crippen LogP contribution >= 0.6 is 11.3 Å². The molecule has 0 radical (unpaired) electrons. The van der Waals surface area contributed by atoms with E-state index >= 15 is 0 Å². The Hall–Kier alpha value is -17.4. The first-order valence-electron chi connectivity index (χ1n) is 44.9. The number of fused-ring (bicyclic) bond motifs is 18. The zero-order valence-corrected chi connectivity index (χ0v) is 72.5. The highest BCUT2D eigenvalue weighted by molar-refractivity contribution is 7.26. The first kappa shape index (κ1) is 77.0. The fourth-order valence-corrected chi connectivity index (χ4v) is 21.2. The van der Waals surface area contributed by atoms with E-state index in [2.05, 4.69) is 447 Å². The Morgan fingerprint density at radius 1 is 0.152 bits per heavy atom. The summed E-state index contributed by atoms with van der Waals surface area (Å²) in [4.78, 5) is 15.2. The third kappa shape index (κ3) is 13.4. The zero-order valence-electron chi connectivity index (χ0n) is 71.7. The maximum absolute atomic E-state index is 5.12. The van der Waals surface area contributed by atoms with Crippen LogP contribution in [0.2, 0.25) is 0 Å². The number of hydrogen-bond acceptors (Lipinski definition) is 4. The third-order valence-corrected chi connectivity index (χ3v) is 27.3. The van der Waals surface area contributed by atoms with Crippen LogP contribution in [0.4, 0.5) is 0 Å². The molecule has 0 fully saturated rings. The second kappa shape index (κ2) is 32.5. The number of nitrogens with zero attached hydrogens (tertiary/aromatic N) is 8. The Morgan fingerprint density at radius 3 is 0.833 bits per heavy atom. The molecule has 27 rings (SSSR count). The third-order valence-electron chi connectivity index (χ3n) is 26.1. The van der Waals surface area contributed by atoms with Crippen LogP contribution in [0, 0.1) is 0 Å². The molecule has 618 valence electrons. The maximum atomic E-state index is 5.12. The summed E-state index contributed by atoms with van der Waals surface area (Å²) in [6.07, 6.45) is 0. The summed E-state index contributed by atoms with van der Waals surface area (Å²) in [5.74, 6) is 1.87. The lowest BCUT2D eigenvalue weighted by atomic mass is 9.97. The Bertz CT molecular complexity index is 8730. The number of para-hydroxylation sites is 9. The van der Waals surface area contributed by atoms with Crippen molar-refractivity contribution in [2.75, 3.05) is 0 Å². The summed E-state index contributed by atoms with van der Waals surface area (Å²) in [6.45, 7) is 0. The molecule has 0 saturated carbocycles. The Kier molecular flexibility index (Phi) is 19.0. The van der Waals surface area contributed by atoms with Gasteiger partial charge in [0.2, 0.25) is 5.95 Å². The minimum Gasteiger partial charge on any atom is -0.309 e. The van der Waals surface area contributed by atoms with E-state index in [0.717, 1.165) is 44.1 Å². The molecule has 27 aromatic rings. The Balaban J connectivity index is 0.000000107. The summed E-state index contributed by atoms with van der Waals surface area (Å²) < 4.78 is 14.3. The molecule has 0 aliphatic rings. The van der Waals surface area contributed by atoms with Crippen LogP contribution < -0.4 is 0 Å². The number of rotatable bonds is 12. The highest BCUT2D eigenvalue weighted by atomic mass is 32.1. The van der Waals surface area contributed by atoms with Crippen LogP contribution in [0.15, 0.2) is 485 Å². The molecule has 0 aliphatic carbocycles. The van der Waals surface area contributed by atoms with Gasteiger partial charge in [-0.2, -0.15) is 9.97 Å². The van der Waals surface area contributed by atoms with E-state index in [9.17, 15) is 0 Å². The molecular weight excluding hydrogens is 1620 g/mol. The Morgan fingerprint density at radius 2 is 0.424 bits per heavy atom. The van der Waals surface area contributed by atoms with Gasteiger partial charge in [-0.05, 0) is 201 Å². The van der Waals surface area contributed by atoms with Gasteiger partial charge in [0.15, 0.2) is 11.6 Å². The van der Waals surface area contributed by atoms with Crippen molar-refractivity contribution in [3.05, 3.63) is 485 Å². The van der Waals surface area contributed by atoms with Gasteiger partial charge in [0.1, 0.15) is 0 Å². The highest BCUT2D eigenvalue weighted by Gasteiger charge is 2.23. The molecule has 0 saturated heterocycles. The predicted octanol–water partition coefficient (Wildman–Crippen LogP) is 32.8. The van der Waals surface area contributed by atoms with Crippen molar-refractivity contribution < 1.29 is 0 Å². The molecule has 7 aromatic heterocycles. The number of aromatic nitrogens is 8. The van der Waals surface area contributed by atoms with Crippen molar-refractivity contribution in [1.29, 1.82) is 0 Å². The quantitative estimate of drug-likeness (QED) is 0.122. The topological polar surface area (TPSA) is 63.3 Å². The summed E-state index contributed by atoms with van der Waals surface area (Å²) in [5, 5.41) is 15.1. The van der Waals surface area contributed by atoms with Crippen LogP contribution in [0.5, 0.6) is 0 Å². The molecule has 0 amide bonds. The zero-order chi connectivity index (χ0) is 87.1. The van der Waals surface area contributed by atoms with E-state index in [1.54, 1.807) is 0 Å². The fourth-order valence-electron chi connectivity index (χ4n) is 20.0. The van der Waals surface area contributed by atoms with Gasteiger partial charge in [-0.3, -0.25) is 4.57 Å². The number of benzene rings is 20. The predicted molar refractivity (Wildman–Crippen MR) is 555 cm³/mol. The first-order valence-corrected chi connectivity index (χ1v) is 45.7.